The van der Waals surface area contributed by atoms with Crippen LogP contribution < -0.4 is 15.0 Å². The van der Waals surface area contributed by atoms with Crippen molar-refractivity contribution in [2.75, 3.05) is 12.0 Å². The van der Waals surface area contributed by atoms with Crippen LogP contribution in [-0.4, -0.2) is 44.1 Å². The zero-order valence-electron chi connectivity index (χ0n) is 24.1. The molecule has 0 spiro atoms. The minimum atomic E-state index is -0.969. The van der Waals surface area contributed by atoms with Crippen molar-refractivity contribution < 1.29 is 14.3 Å². The number of tetrazole rings is 1. The van der Waals surface area contributed by atoms with Crippen molar-refractivity contribution in [1.29, 1.82) is 0 Å². The largest absolute Gasteiger partial charge is 0.497 e. The van der Waals surface area contributed by atoms with E-state index in [-0.39, 0.29) is 19.0 Å². The van der Waals surface area contributed by atoms with Crippen LogP contribution in [0.2, 0.25) is 0 Å². The third-order valence-electron chi connectivity index (χ3n) is 7.11. The summed E-state index contributed by atoms with van der Waals surface area (Å²) in [6, 6.07) is 27.4. The Hall–Kier alpha value is -5.42. The van der Waals surface area contributed by atoms with E-state index < -0.39 is 11.9 Å². The Morgan fingerprint density at radius 2 is 1.80 bits per heavy atom. The molecule has 6 aromatic rings. The predicted octanol–water partition coefficient (Wildman–Crippen LogP) is 5.36. The first-order valence-corrected chi connectivity index (χ1v) is 14.8. The summed E-state index contributed by atoms with van der Waals surface area (Å²) in [5.41, 5.74) is 4.05. The number of nitrogens with one attached hydrogen (secondary N) is 1. The lowest BCUT2D eigenvalue weighted by Gasteiger charge is -2.30. The molecule has 2 amide bonds. The van der Waals surface area contributed by atoms with Crippen LogP contribution in [0.5, 0.6) is 5.75 Å². The number of pyridine rings is 1. The average Bonchev–Trinajstić information content (AvgIpc) is 3.76. The van der Waals surface area contributed by atoms with E-state index >= 15 is 0 Å². The first-order chi connectivity index (χ1) is 21.5. The standard InChI is InChI=1S/C33H29N7O3S/c1-22-9-13-24(14-10-22)32-36-38-39(37-32)21-30(41)40(26-18-25-6-3-4-7-28(25)34-20-26)31(29-8-5-17-44-29)33(42)35-19-23-11-15-27(43-2)16-12-23/h3-18,20,31H,19,21H2,1-2H3,(H,35,42). The highest BCUT2D eigenvalue weighted by atomic mass is 32.1. The van der Waals surface area contributed by atoms with E-state index in [9.17, 15) is 9.59 Å². The number of methoxy groups -OCH3 is 1. The second-order valence-electron chi connectivity index (χ2n) is 10.1. The van der Waals surface area contributed by atoms with E-state index in [2.05, 4.69) is 25.7 Å². The number of rotatable bonds is 10. The molecule has 220 valence electrons. The van der Waals surface area contributed by atoms with Crippen molar-refractivity contribution in [3.8, 4) is 17.1 Å². The molecule has 0 saturated carbocycles. The van der Waals surface area contributed by atoms with Gasteiger partial charge >= 0.3 is 0 Å². The minimum absolute atomic E-state index is 0.237. The quantitative estimate of drug-likeness (QED) is 0.224. The van der Waals surface area contributed by atoms with Crippen molar-refractivity contribution in [3.05, 3.63) is 119 Å². The van der Waals surface area contributed by atoms with Crippen molar-refractivity contribution in [2.45, 2.75) is 26.1 Å². The summed E-state index contributed by atoms with van der Waals surface area (Å²) < 4.78 is 5.25. The van der Waals surface area contributed by atoms with E-state index in [1.54, 1.807) is 13.3 Å². The molecule has 44 heavy (non-hydrogen) atoms. The molecule has 11 heteroatoms. The van der Waals surface area contributed by atoms with Crippen LogP contribution in [-0.2, 0) is 22.7 Å². The summed E-state index contributed by atoms with van der Waals surface area (Å²) in [5.74, 6) is 0.401. The number of amides is 2. The highest BCUT2D eigenvalue weighted by Crippen LogP contribution is 2.32. The molecule has 1 unspecified atom stereocenters. The fourth-order valence-corrected chi connectivity index (χ4v) is 5.62. The molecular formula is C33H29N7O3S. The topological polar surface area (TPSA) is 115 Å². The van der Waals surface area contributed by atoms with Crippen LogP contribution in [0.15, 0.2) is 103 Å². The number of carbonyl (C=O) groups excluding carboxylic acids is 2. The van der Waals surface area contributed by atoms with Gasteiger partial charge in [0.1, 0.15) is 18.3 Å². The van der Waals surface area contributed by atoms with Crippen LogP contribution in [0.25, 0.3) is 22.3 Å². The maximum atomic E-state index is 14.2. The van der Waals surface area contributed by atoms with Gasteiger partial charge in [0.2, 0.25) is 11.7 Å². The number of thiophene rings is 1. The van der Waals surface area contributed by atoms with Crippen molar-refractivity contribution in [1.82, 2.24) is 30.5 Å². The molecule has 0 bridgehead atoms. The zero-order chi connectivity index (χ0) is 30.5. The van der Waals surface area contributed by atoms with Crippen molar-refractivity contribution in [2.24, 2.45) is 0 Å². The maximum absolute atomic E-state index is 14.2. The van der Waals surface area contributed by atoms with Gasteiger partial charge in [-0.2, -0.15) is 4.80 Å². The van der Waals surface area contributed by atoms with Gasteiger partial charge in [-0.3, -0.25) is 19.5 Å². The molecule has 3 aromatic carbocycles. The Balaban J connectivity index is 1.34. The lowest BCUT2D eigenvalue weighted by Crippen LogP contribution is -2.45. The molecule has 0 fully saturated rings. The Kier molecular flexibility index (Phi) is 8.37. The first-order valence-electron chi connectivity index (χ1n) is 13.9. The van der Waals surface area contributed by atoms with Gasteiger partial charge in [0.15, 0.2) is 0 Å². The Labute approximate surface area is 257 Å². The second kappa shape index (κ2) is 12.8. The van der Waals surface area contributed by atoms with Crippen LogP contribution in [0.4, 0.5) is 5.69 Å². The molecule has 1 N–H and O–H groups in total. The number of hydrogen-bond acceptors (Lipinski definition) is 8. The van der Waals surface area contributed by atoms with E-state index in [0.717, 1.165) is 33.3 Å². The summed E-state index contributed by atoms with van der Waals surface area (Å²) in [6.07, 6.45) is 1.62. The molecule has 0 aliphatic carbocycles. The number of ether oxygens (including phenoxy) is 1. The van der Waals surface area contributed by atoms with Crippen LogP contribution in [0.1, 0.15) is 22.0 Å². The zero-order valence-corrected chi connectivity index (χ0v) is 24.9. The summed E-state index contributed by atoms with van der Waals surface area (Å²) in [6.45, 7) is 2.03. The van der Waals surface area contributed by atoms with Gasteiger partial charge in [-0.25, -0.2) is 0 Å². The number of para-hydroxylation sites is 1. The van der Waals surface area contributed by atoms with Gasteiger partial charge in [-0.05, 0) is 53.4 Å². The summed E-state index contributed by atoms with van der Waals surface area (Å²) in [5, 5.41) is 18.5. The molecular weight excluding hydrogens is 574 g/mol. The summed E-state index contributed by atoms with van der Waals surface area (Å²) >= 11 is 1.40. The smallest absolute Gasteiger partial charge is 0.251 e. The second-order valence-corrected chi connectivity index (χ2v) is 11.1. The lowest BCUT2D eigenvalue weighted by atomic mass is 10.1. The van der Waals surface area contributed by atoms with E-state index in [1.807, 2.05) is 103 Å². The molecule has 3 heterocycles. The van der Waals surface area contributed by atoms with E-state index in [0.29, 0.717) is 16.4 Å². The molecule has 0 radical (unpaired) electrons. The van der Waals surface area contributed by atoms with E-state index in [4.69, 9.17) is 4.74 Å². The van der Waals surface area contributed by atoms with Crippen molar-refractivity contribution in [3.63, 3.8) is 0 Å². The van der Waals surface area contributed by atoms with Gasteiger partial charge in [0.25, 0.3) is 5.91 Å². The number of anilines is 1. The number of carbonyl (C=O) groups is 2. The third-order valence-corrected chi connectivity index (χ3v) is 8.03. The van der Waals surface area contributed by atoms with Crippen LogP contribution >= 0.6 is 11.3 Å². The van der Waals surface area contributed by atoms with Gasteiger partial charge in [0.05, 0.1) is 24.5 Å². The molecule has 0 aliphatic heterocycles. The number of fused-ring (bicyclic) bond motifs is 1. The number of aromatic nitrogens is 5. The highest BCUT2D eigenvalue weighted by Gasteiger charge is 2.34. The molecule has 1 atom stereocenters. The number of hydrogen-bond donors (Lipinski definition) is 1. The normalized spacial score (nSPS) is 11.7. The minimum Gasteiger partial charge on any atom is -0.497 e. The monoisotopic (exact) mass is 603 g/mol. The van der Waals surface area contributed by atoms with Gasteiger partial charge < -0.3 is 10.1 Å². The fraction of sp³-hybridized carbons (Fsp3) is 0.152. The maximum Gasteiger partial charge on any atom is 0.251 e. The SMILES string of the molecule is COc1ccc(CNC(=O)C(c2cccs2)N(C(=O)Cn2nnc(-c3ccc(C)cc3)n2)c2cnc3ccccc3c2)cc1. The Bertz CT molecular complexity index is 1890. The number of benzene rings is 3. The van der Waals surface area contributed by atoms with Crippen molar-refractivity contribution >= 4 is 39.7 Å². The van der Waals surface area contributed by atoms with Gasteiger partial charge in [0, 0.05) is 22.4 Å². The summed E-state index contributed by atoms with van der Waals surface area (Å²) in [7, 11) is 1.60. The first kappa shape index (κ1) is 28.7. The lowest BCUT2D eigenvalue weighted by molar-refractivity contribution is -0.127. The van der Waals surface area contributed by atoms with Gasteiger partial charge in [-0.1, -0.05) is 66.2 Å². The Morgan fingerprint density at radius 3 is 2.55 bits per heavy atom. The third kappa shape index (κ3) is 6.32. The average molecular weight is 604 g/mol. The van der Waals surface area contributed by atoms with Crippen LogP contribution in [0, 0.1) is 6.92 Å². The van der Waals surface area contributed by atoms with E-state index in [1.165, 1.54) is 21.0 Å². The van der Waals surface area contributed by atoms with Gasteiger partial charge in [-0.15, -0.1) is 21.5 Å². The molecule has 0 saturated heterocycles. The highest BCUT2D eigenvalue weighted by molar-refractivity contribution is 7.10. The van der Waals surface area contributed by atoms with Crippen LogP contribution in [0.3, 0.4) is 0 Å². The summed E-state index contributed by atoms with van der Waals surface area (Å²) in [4.78, 5) is 36.2. The number of nitrogens with zero attached hydrogens (tertiary/aromatic N) is 6. The molecule has 6 rings (SSSR count). The number of aryl methyl sites for hydroxylation is 1. The molecule has 0 aliphatic rings. The fourth-order valence-electron chi connectivity index (χ4n) is 4.80. The molecule has 10 nitrogen and oxygen atoms in total. The Morgan fingerprint density at radius 1 is 1.00 bits per heavy atom. The predicted molar refractivity (Wildman–Crippen MR) is 169 cm³/mol. The molecule has 3 aromatic heterocycles.